The molecule has 0 amide bonds. The smallest absolute Gasteiger partial charge is 0.319 e. The van der Waals surface area contributed by atoms with Crippen LogP contribution in [0.5, 0.6) is 11.9 Å². The second kappa shape index (κ2) is 6.94. The van der Waals surface area contributed by atoms with Crippen LogP contribution in [-0.2, 0) is 7.05 Å². The lowest BCUT2D eigenvalue weighted by Crippen LogP contribution is -2.14. The second-order valence-electron chi connectivity index (χ2n) is 7.32. The molecule has 0 aliphatic heterocycles. The maximum Gasteiger partial charge on any atom is 0.319 e. The van der Waals surface area contributed by atoms with Crippen molar-refractivity contribution < 1.29 is 9.47 Å². The van der Waals surface area contributed by atoms with Gasteiger partial charge in [-0.15, -0.1) is 0 Å². The van der Waals surface area contributed by atoms with E-state index in [4.69, 9.17) is 9.47 Å². The zero-order valence-electron chi connectivity index (χ0n) is 16.8. The van der Waals surface area contributed by atoms with E-state index in [-0.39, 0.29) is 11.6 Å². The number of fused-ring (bicyclic) bond motifs is 1. The second-order valence-corrected chi connectivity index (χ2v) is 7.32. The molecular weight excluding hydrogens is 384 g/mol. The summed E-state index contributed by atoms with van der Waals surface area (Å²) in [5.41, 5.74) is 4.43. The van der Waals surface area contributed by atoms with E-state index in [0.29, 0.717) is 29.0 Å². The Labute approximate surface area is 172 Å². The number of pyridine rings is 1. The number of imidazole rings is 1. The summed E-state index contributed by atoms with van der Waals surface area (Å²) in [6.07, 6.45) is 8.11. The van der Waals surface area contributed by atoms with Crippen molar-refractivity contribution in [3.05, 3.63) is 64.5 Å². The van der Waals surface area contributed by atoms with Gasteiger partial charge in [0.05, 0.1) is 25.5 Å². The molecule has 0 spiro atoms. The van der Waals surface area contributed by atoms with Crippen LogP contribution in [0.4, 0.5) is 0 Å². The lowest BCUT2D eigenvalue weighted by atomic mass is 10.1. The van der Waals surface area contributed by atoms with Crippen LogP contribution in [0.15, 0.2) is 47.8 Å². The Hall–Kier alpha value is -3.75. The molecule has 5 rings (SSSR count). The molecule has 4 aromatic rings. The third-order valence-corrected chi connectivity index (χ3v) is 5.50. The third kappa shape index (κ3) is 2.99. The van der Waals surface area contributed by atoms with Gasteiger partial charge >= 0.3 is 6.01 Å². The van der Waals surface area contributed by atoms with Gasteiger partial charge in [0.2, 0.25) is 11.4 Å². The van der Waals surface area contributed by atoms with Crippen LogP contribution in [-0.4, -0.2) is 43.4 Å². The molecule has 0 bridgehead atoms. The Bertz CT molecular complexity index is 1310. The largest absolute Gasteiger partial charge is 0.480 e. The van der Waals surface area contributed by atoms with Crippen molar-refractivity contribution in [3.8, 4) is 23.1 Å². The maximum absolute atomic E-state index is 11.7. The number of aromatic nitrogens is 6. The Morgan fingerprint density at radius 2 is 2.00 bits per heavy atom. The quantitative estimate of drug-likeness (QED) is 0.503. The molecule has 4 heterocycles. The van der Waals surface area contributed by atoms with Crippen LogP contribution in [0.2, 0.25) is 0 Å². The molecule has 9 heteroatoms. The zero-order valence-corrected chi connectivity index (χ0v) is 16.8. The van der Waals surface area contributed by atoms with E-state index in [0.717, 1.165) is 23.2 Å². The highest BCUT2D eigenvalue weighted by Gasteiger charge is 2.41. The van der Waals surface area contributed by atoms with Gasteiger partial charge in [0.1, 0.15) is 0 Å². The molecule has 2 atom stereocenters. The molecule has 1 saturated carbocycles. The van der Waals surface area contributed by atoms with Crippen molar-refractivity contribution in [2.45, 2.75) is 18.3 Å². The number of nitrogens with zero attached hydrogens (tertiary/aromatic N) is 6. The van der Waals surface area contributed by atoms with E-state index in [1.807, 2.05) is 24.5 Å². The third-order valence-electron chi connectivity index (χ3n) is 5.50. The average Bonchev–Trinajstić information content (AvgIpc) is 3.42. The van der Waals surface area contributed by atoms with Crippen molar-refractivity contribution in [1.29, 1.82) is 0 Å². The fraction of sp³-hybridized carbons (Fsp3) is 0.286. The Morgan fingerprint density at radius 1 is 1.13 bits per heavy atom. The fourth-order valence-corrected chi connectivity index (χ4v) is 3.87. The summed E-state index contributed by atoms with van der Waals surface area (Å²) in [6, 6.07) is 5.80. The molecule has 0 N–H and O–H groups in total. The first-order valence-electron chi connectivity index (χ1n) is 9.55. The van der Waals surface area contributed by atoms with Crippen LogP contribution < -0.4 is 15.0 Å². The minimum atomic E-state index is -0.00982. The fourth-order valence-electron chi connectivity index (χ4n) is 3.87. The normalized spacial score (nSPS) is 17.8. The molecule has 1 aliphatic carbocycles. The minimum Gasteiger partial charge on any atom is -0.480 e. The maximum atomic E-state index is 11.7. The topological polar surface area (TPSA) is 96.4 Å². The standard InChI is InChI=1S/C21H20N6O3/c1-26-11-12(4-5-18(26)28)13-8-14(13)15-9-17(25-27-7-6-22-19(15)27)16-10-23-21(30-3)24-20(16)29-2/h4-7,9-11,13-14H,8H2,1-3H3/t13-,14+/m1/s1. The van der Waals surface area contributed by atoms with Crippen molar-refractivity contribution in [2.75, 3.05) is 14.2 Å². The van der Waals surface area contributed by atoms with E-state index < -0.39 is 0 Å². The minimum absolute atomic E-state index is 0.00982. The summed E-state index contributed by atoms with van der Waals surface area (Å²) >= 11 is 0. The van der Waals surface area contributed by atoms with Crippen LogP contribution >= 0.6 is 0 Å². The van der Waals surface area contributed by atoms with Crippen molar-refractivity contribution in [2.24, 2.45) is 7.05 Å². The van der Waals surface area contributed by atoms with Crippen molar-refractivity contribution in [3.63, 3.8) is 0 Å². The van der Waals surface area contributed by atoms with Gasteiger partial charge in [-0.3, -0.25) is 4.79 Å². The molecule has 30 heavy (non-hydrogen) atoms. The van der Waals surface area contributed by atoms with Crippen LogP contribution in [0.1, 0.15) is 29.4 Å². The average molecular weight is 404 g/mol. The molecule has 1 fully saturated rings. The van der Waals surface area contributed by atoms with E-state index >= 15 is 0 Å². The zero-order chi connectivity index (χ0) is 20.8. The van der Waals surface area contributed by atoms with Gasteiger partial charge in [0.25, 0.3) is 0 Å². The Kier molecular flexibility index (Phi) is 4.23. The molecule has 1 aliphatic rings. The molecular formula is C21H20N6O3. The molecule has 152 valence electrons. The first-order valence-corrected chi connectivity index (χ1v) is 9.55. The highest BCUT2D eigenvalue weighted by Crippen LogP contribution is 2.55. The predicted octanol–water partition coefficient (Wildman–Crippen LogP) is 2.17. The summed E-state index contributed by atoms with van der Waals surface area (Å²) < 4.78 is 13.9. The van der Waals surface area contributed by atoms with Gasteiger partial charge in [-0.2, -0.15) is 10.1 Å². The van der Waals surface area contributed by atoms with E-state index in [2.05, 4.69) is 20.1 Å². The SMILES string of the molecule is COc1ncc(-c2cc([C@H]3C[C@@H]3c3ccc(=O)n(C)c3)c3nccn3n2)c(OC)n1. The number of aryl methyl sites for hydroxylation is 1. The van der Waals surface area contributed by atoms with Gasteiger partial charge < -0.3 is 14.0 Å². The molecule has 0 radical (unpaired) electrons. The molecule has 0 saturated heterocycles. The van der Waals surface area contributed by atoms with Gasteiger partial charge in [-0.05, 0) is 29.9 Å². The summed E-state index contributed by atoms with van der Waals surface area (Å²) in [7, 11) is 4.84. The van der Waals surface area contributed by atoms with Gasteiger partial charge in [-0.1, -0.05) is 6.07 Å². The van der Waals surface area contributed by atoms with Gasteiger partial charge in [0.15, 0.2) is 5.65 Å². The number of ether oxygens (including phenoxy) is 2. The molecule has 4 aromatic heterocycles. The number of rotatable bonds is 5. The summed E-state index contributed by atoms with van der Waals surface area (Å²) in [5.74, 6) is 1.02. The lowest BCUT2D eigenvalue weighted by Gasteiger charge is -2.11. The van der Waals surface area contributed by atoms with E-state index in [9.17, 15) is 4.79 Å². The summed E-state index contributed by atoms with van der Waals surface area (Å²) in [6.45, 7) is 0. The van der Waals surface area contributed by atoms with E-state index in [1.165, 1.54) is 7.11 Å². The summed E-state index contributed by atoms with van der Waals surface area (Å²) in [4.78, 5) is 24.7. The highest BCUT2D eigenvalue weighted by molar-refractivity contribution is 5.68. The van der Waals surface area contributed by atoms with Crippen LogP contribution in [0.25, 0.3) is 16.9 Å². The van der Waals surface area contributed by atoms with Gasteiger partial charge in [-0.25, -0.2) is 14.5 Å². The monoisotopic (exact) mass is 404 g/mol. The van der Waals surface area contributed by atoms with Crippen molar-refractivity contribution >= 4 is 5.65 Å². The first-order chi connectivity index (χ1) is 14.6. The number of methoxy groups -OCH3 is 2. The Morgan fingerprint density at radius 3 is 2.77 bits per heavy atom. The molecule has 9 nitrogen and oxygen atoms in total. The van der Waals surface area contributed by atoms with Crippen LogP contribution in [0, 0.1) is 0 Å². The van der Waals surface area contributed by atoms with Crippen LogP contribution in [0.3, 0.4) is 0 Å². The number of hydrogen-bond donors (Lipinski definition) is 0. The number of hydrogen-bond acceptors (Lipinski definition) is 7. The summed E-state index contributed by atoms with van der Waals surface area (Å²) in [5, 5.41) is 4.67. The van der Waals surface area contributed by atoms with Gasteiger partial charge in [0, 0.05) is 43.5 Å². The molecule has 0 aromatic carbocycles. The highest BCUT2D eigenvalue weighted by atomic mass is 16.5. The van der Waals surface area contributed by atoms with Crippen molar-refractivity contribution in [1.82, 2.24) is 29.1 Å². The predicted molar refractivity (Wildman–Crippen MR) is 109 cm³/mol. The Balaban J connectivity index is 1.58. The van der Waals surface area contributed by atoms with E-state index in [1.54, 1.807) is 41.7 Å². The first kappa shape index (κ1) is 18.3. The molecule has 0 unspecified atom stereocenters. The lowest BCUT2D eigenvalue weighted by molar-refractivity contribution is 0.353.